The normalized spacial score (nSPS) is 15.0. The Bertz CT molecular complexity index is 997. The van der Waals surface area contributed by atoms with Gasteiger partial charge in [-0.1, -0.05) is 12.1 Å². The molecule has 2 amide bonds. The van der Waals surface area contributed by atoms with Crippen molar-refractivity contribution < 1.29 is 22.7 Å². The molecule has 0 radical (unpaired) electrons. The molecule has 29 heavy (non-hydrogen) atoms. The first-order valence-corrected chi connectivity index (χ1v) is 10.8. The number of hydrogen-bond donors (Lipinski definition) is 0. The predicted octanol–water partition coefficient (Wildman–Crippen LogP) is 1.16. The van der Waals surface area contributed by atoms with Gasteiger partial charge in [-0.3, -0.25) is 9.78 Å². The number of piperazine rings is 1. The Morgan fingerprint density at radius 2 is 1.83 bits per heavy atom. The third-order valence-corrected chi connectivity index (χ3v) is 6.71. The highest BCUT2D eigenvalue weighted by Crippen LogP contribution is 2.24. The fourth-order valence-electron chi connectivity index (χ4n) is 3.21. The molecule has 1 aliphatic rings. The first-order chi connectivity index (χ1) is 13.8. The van der Waals surface area contributed by atoms with Gasteiger partial charge in [0, 0.05) is 56.4 Å². The van der Waals surface area contributed by atoms with Crippen LogP contribution in [0.25, 0.3) is 10.8 Å². The molecule has 3 rings (SSSR count). The van der Waals surface area contributed by atoms with Crippen molar-refractivity contribution in [3.63, 3.8) is 0 Å². The number of rotatable bonds is 5. The van der Waals surface area contributed by atoms with Gasteiger partial charge in [-0.25, -0.2) is 13.2 Å². The van der Waals surface area contributed by atoms with Gasteiger partial charge in [0.25, 0.3) is 0 Å². The van der Waals surface area contributed by atoms with Gasteiger partial charge < -0.3 is 14.5 Å². The molecule has 1 aromatic heterocycles. The molecular formula is C19H24N4O5S. The minimum Gasteiger partial charge on any atom is -0.450 e. The summed E-state index contributed by atoms with van der Waals surface area (Å²) in [6.45, 7) is 3.15. The third kappa shape index (κ3) is 4.48. The molecule has 0 aliphatic carbocycles. The number of likely N-dealkylation sites (N-methyl/N-ethyl adjacent to an activating group) is 1. The van der Waals surface area contributed by atoms with Gasteiger partial charge in [0.05, 0.1) is 18.0 Å². The molecule has 1 aliphatic heterocycles. The number of carbonyl (C=O) groups excluding carboxylic acids is 2. The molecule has 0 unspecified atom stereocenters. The number of pyridine rings is 1. The second kappa shape index (κ2) is 8.75. The average molecular weight is 420 g/mol. The van der Waals surface area contributed by atoms with Gasteiger partial charge in [-0.15, -0.1) is 0 Å². The van der Waals surface area contributed by atoms with E-state index < -0.39 is 16.1 Å². The van der Waals surface area contributed by atoms with Crippen molar-refractivity contribution in [3.8, 4) is 0 Å². The fourth-order valence-corrected chi connectivity index (χ4v) is 4.54. The van der Waals surface area contributed by atoms with Crippen LogP contribution in [0.15, 0.2) is 41.6 Å². The van der Waals surface area contributed by atoms with Crippen LogP contribution in [0, 0.1) is 0 Å². The second-order valence-corrected chi connectivity index (χ2v) is 8.69. The number of fused-ring (bicyclic) bond motifs is 1. The molecule has 9 nitrogen and oxygen atoms in total. The minimum absolute atomic E-state index is 0.139. The summed E-state index contributed by atoms with van der Waals surface area (Å²) < 4.78 is 32.1. The van der Waals surface area contributed by atoms with Crippen molar-refractivity contribution in [2.24, 2.45) is 0 Å². The number of nitrogens with zero attached hydrogens (tertiary/aromatic N) is 4. The van der Waals surface area contributed by atoms with Crippen molar-refractivity contribution in [1.82, 2.24) is 19.1 Å². The van der Waals surface area contributed by atoms with Crippen LogP contribution in [-0.4, -0.2) is 85.9 Å². The van der Waals surface area contributed by atoms with E-state index in [1.54, 1.807) is 36.2 Å². The Balaban J connectivity index is 1.67. The van der Waals surface area contributed by atoms with Crippen molar-refractivity contribution in [2.75, 3.05) is 46.4 Å². The van der Waals surface area contributed by atoms with Crippen molar-refractivity contribution in [2.45, 2.75) is 11.8 Å². The van der Waals surface area contributed by atoms with E-state index in [0.29, 0.717) is 43.6 Å². The zero-order chi connectivity index (χ0) is 21.0. The summed E-state index contributed by atoms with van der Waals surface area (Å²) in [6.07, 6.45) is 2.74. The standard InChI is InChI=1S/C19H24N4O5S/c1-3-28-19(25)23-11-9-22(10-12-23)18(24)14-21(2)29(26,27)17-6-4-5-15-13-20-8-7-16(15)17/h4-8,13H,3,9-12,14H2,1-2H3. The van der Waals surface area contributed by atoms with E-state index in [2.05, 4.69) is 4.98 Å². The van der Waals surface area contributed by atoms with E-state index in [9.17, 15) is 18.0 Å². The molecule has 0 atom stereocenters. The monoisotopic (exact) mass is 420 g/mol. The molecule has 0 saturated carbocycles. The van der Waals surface area contributed by atoms with Crippen LogP contribution in [0.5, 0.6) is 0 Å². The Morgan fingerprint density at radius 1 is 1.14 bits per heavy atom. The zero-order valence-corrected chi connectivity index (χ0v) is 17.3. The van der Waals surface area contributed by atoms with Crippen molar-refractivity contribution in [1.29, 1.82) is 0 Å². The number of aromatic nitrogens is 1. The summed E-state index contributed by atoms with van der Waals surface area (Å²) in [7, 11) is -2.47. The van der Waals surface area contributed by atoms with Crippen LogP contribution in [0.4, 0.5) is 4.79 Å². The van der Waals surface area contributed by atoms with Gasteiger partial charge in [0.15, 0.2) is 0 Å². The minimum atomic E-state index is -3.86. The van der Waals surface area contributed by atoms with Crippen LogP contribution in [-0.2, 0) is 19.6 Å². The highest BCUT2D eigenvalue weighted by Gasteiger charge is 2.29. The highest BCUT2D eigenvalue weighted by molar-refractivity contribution is 7.89. The lowest BCUT2D eigenvalue weighted by Crippen LogP contribution is -2.52. The molecule has 1 aromatic carbocycles. The van der Waals surface area contributed by atoms with E-state index in [0.717, 1.165) is 4.31 Å². The van der Waals surface area contributed by atoms with Crippen LogP contribution in [0.1, 0.15) is 6.92 Å². The maximum atomic E-state index is 13.0. The molecule has 2 heterocycles. The quantitative estimate of drug-likeness (QED) is 0.720. The molecule has 0 spiro atoms. The number of sulfonamides is 1. The summed E-state index contributed by atoms with van der Waals surface area (Å²) in [5.74, 6) is -0.304. The smallest absolute Gasteiger partial charge is 0.409 e. The Kier molecular flexibility index (Phi) is 6.33. The highest BCUT2D eigenvalue weighted by atomic mass is 32.2. The van der Waals surface area contributed by atoms with Gasteiger partial charge in [0.2, 0.25) is 15.9 Å². The topological polar surface area (TPSA) is 100 Å². The van der Waals surface area contributed by atoms with E-state index in [1.807, 2.05) is 0 Å². The van der Waals surface area contributed by atoms with E-state index >= 15 is 0 Å². The molecule has 0 N–H and O–H groups in total. The SMILES string of the molecule is CCOC(=O)N1CCN(C(=O)CN(C)S(=O)(=O)c2cccc3cnccc23)CC1. The number of ether oxygens (including phenoxy) is 1. The summed E-state index contributed by atoms with van der Waals surface area (Å²) in [6, 6.07) is 6.61. The number of benzene rings is 1. The molecular weight excluding hydrogens is 396 g/mol. The number of hydrogen-bond acceptors (Lipinski definition) is 6. The average Bonchev–Trinajstić information content (AvgIpc) is 2.73. The molecule has 1 saturated heterocycles. The molecule has 10 heteroatoms. The lowest BCUT2D eigenvalue weighted by atomic mass is 10.2. The largest absolute Gasteiger partial charge is 0.450 e. The van der Waals surface area contributed by atoms with Gasteiger partial charge in [0.1, 0.15) is 0 Å². The van der Waals surface area contributed by atoms with Crippen LogP contribution >= 0.6 is 0 Å². The first-order valence-electron chi connectivity index (χ1n) is 9.33. The Morgan fingerprint density at radius 3 is 2.52 bits per heavy atom. The molecule has 0 bridgehead atoms. The van der Waals surface area contributed by atoms with E-state index in [1.165, 1.54) is 24.2 Å². The maximum Gasteiger partial charge on any atom is 0.409 e. The lowest BCUT2D eigenvalue weighted by Gasteiger charge is -2.34. The first kappa shape index (κ1) is 21.0. The van der Waals surface area contributed by atoms with Gasteiger partial charge in [-0.2, -0.15) is 4.31 Å². The molecule has 2 aromatic rings. The second-order valence-electron chi connectivity index (χ2n) is 6.68. The summed E-state index contributed by atoms with van der Waals surface area (Å²) >= 11 is 0. The fraction of sp³-hybridized carbons (Fsp3) is 0.421. The van der Waals surface area contributed by atoms with Crippen molar-refractivity contribution >= 4 is 32.8 Å². The van der Waals surface area contributed by atoms with Crippen LogP contribution in [0.3, 0.4) is 0 Å². The summed E-state index contributed by atoms with van der Waals surface area (Å²) in [5, 5.41) is 1.27. The summed E-state index contributed by atoms with van der Waals surface area (Å²) in [5.41, 5.74) is 0. The summed E-state index contributed by atoms with van der Waals surface area (Å²) in [4.78, 5) is 31.6. The van der Waals surface area contributed by atoms with Crippen LogP contribution < -0.4 is 0 Å². The van der Waals surface area contributed by atoms with E-state index in [-0.39, 0.29) is 17.3 Å². The van der Waals surface area contributed by atoms with Gasteiger partial charge in [-0.05, 0) is 19.1 Å². The molecule has 156 valence electrons. The Labute approximate surface area is 169 Å². The van der Waals surface area contributed by atoms with Gasteiger partial charge >= 0.3 is 6.09 Å². The lowest BCUT2D eigenvalue weighted by molar-refractivity contribution is -0.132. The van der Waals surface area contributed by atoms with E-state index in [4.69, 9.17) is 4.74 Å². The third-order valence-electron chi connectivity index (χ3n) is 4.85. The maximum absolute atomic E-state index is 13.0. The Hall–Kier alpha value is -2.72. The molecule has 1 fully saturated rings. The van der Waals surface area contributed by atoms with Crippen LogP contribution in [0.2, 0.25) is 0 Å². The predicted molar refractivity (Wildman–Crippen MR) is 107 cm³/mol. The number of amides is 2. The zero-order valence-electron chi connectivity index (χ0n) is 16.4. The van der Waals surface area contributed by atoms with Crippen molar-refractivity contribution in [3.05, 3.63) is 36.7 Å². The number of carbonyl (C=O) groups is 2.